The van der Waals surface area contributed by atoms with Crippen LogP contribution in [0, 0.1) is 17.3 Å². The smallest absolute Gasteiger partial charge is 0.272 e. The van der Waals surface area contributed by atoms with Gasteiger partial charge in [-0.1, -0.05) is 44.2 Å². The van der Waals surface area contributed by atoms with E-state index < -0.39 is 0 Å². The number of aliphatic hydroxyl groups excluding tert-OH is 1. The Morgan fingerprint density at radius 3 is 2.64 bits per heavy atom. The highest BCUT2D eigenvalue weighted by Gasteiger charge is 2.54. The highest BCUT2D eigenvalue weighted by atomic mass is 16.3. The van der Waals surface area contributed by atoms with Crippen molar-refractivity contribution in [2.75, 3.05) is 44.2 Å². The molecule has 1 N–H and O–H groups in total. The van der Waals surface area contributed by atoms with Crippen LogP contribution in [0.25, 0.3) is 10.9 Å². The minimum absolute atomic E-state index is 0.00419. The number of benzene rings is 2. The average molecular weight is 595 g/mol. The molecule has 2 amide bonds. The molecule has 2 unspecified atom stereocenters. The van der Waals surface area contributed by atoms with Gasteiger partial charge in [0.15, 0.2) is 0 Å². The molecular formula is C37H46N4O3. The minimum atomic E-state index is -0.188. The van der Waals surface area contributed by atoms with Crippen molar-refractivity contribution in [3.63, 3.8) is 0 Å². The summed E-state index contributed by atoms with van der Waals surface area (Å²) in [6, 6.07) is 18.5. The molecule has 7 heteroatoms. The van der Waals surface area contributed by atoms with Crippen molar-refractivity contribution in [1.29, 1.82) is 0 Å². The van der Waals surface area contributed by atoms with Crippen molar-refractivity contribution >= 4 is 28.4 Å². The number of carbonyl (C=O) groups excluding carboxylic acids is 2. The van der Waals surface area contributed by atoms with E-state index in [0.717, 1.165) is 49.7 Å². The van der Waals surface area contributed by atoms with E-state index in [1.165, 1.54) is 36.1 Å². The lowest BCUT2D eigenvalue weighted by atomic mass is 9.55. The van der Waals surface area contributed by atoms with Gasteiger partial charge in [-0.15, -0.1) is 0 Å². The van der Waals surface area contributed by atoms with Crippen LogP contribution in [0.2, 0.25) is 0 Å². The van der Waals surface area contributed by atoms with Gasteiger partial charge in [-0.2, -0.15) is 0 Å². The number of piperazine rings is 1. The Hall–Kier alpha value is -3.45. The lowest BCUT2D eigenvalue weighted by molar-refractivity contribution is -0.132. The summed E-state index contributed by atoms with van der Waals surface area (Å²) in [6.07, 6.45) is 7.47. The van der Waals surface area contributed by atoms with Gasteiger partial charge in [0.2, 0.25) is 5.91 Å². The second kappa shape index (κ2) is 11.8. The molecule has 2 aromatic carbocycles. The number of aliphatic hydroxyl groups is 1. The van der Waals surface area contributed by atoms with Gasteiger partial charge in [-0.25, -0.2) is 4.98 Å². The zero-order valence-electron chi connectivity index (χ0n) is 26.3. The summed E-state index contributed by atoms with van der Waals surface area (Å²) in [4.78, 5) is 37.4. The molecule has 2 saturated carbocycles. The van der Waals surface area contributed by atoms with Crippen molar-refractivity contribution in [3.05, 3.63) is 71.4 Å². The summed E-state index contributed by atoms with van der Waals surface area (Å²) in [7, 11) is 0. The summed E-state index contributed by atoms with van der Waals surface area (Å²) in [5.74, 6) is 1.74. The zero-order chi connectivity index (χ0) is 30.4. The summed E-state index contributed by atoms with van der Waals surface area (Å²) in [5.41, 5.74) is 5.58. The van der Waals surface area contributed by atoms with Crippen LogP contribution in [0.15, 0.2) is 54.6 Å². The molecule has 44 heavy (non-hydrogen) atoms. The van der Waals surface area contributed by atoms with Gasteiger partial charge < -0.3 is 19.8 Å². The number of aryl methyl sites for hydroxylation is 1. The maximum absolute atomic E-state index is 13.4. The van der Waals surface area contributed by atoms with Crippen LogP contribution in [0.4, 0.5) is 5.69 Å². The van der Waals surface area contributed by atoms with Gasteiger partial charge in [0, 0.05) is 43.8 Å². The van der Waals surface area contributed by atoms with E-state index >= 15 is 0 Å². The molecule has 7 nitrogen and oxygen atoms in total. The van der Waals surface area contributed by atoms with Crippen LogP contribution in [-0.4, -0.2) is 77.1 Å². The molecule has 5 atom stereocenters. The number of rotatable bonds is 6. The fourth-order valence-electron chi connectivity index (χ4n) is 9.07. The standard InChI is InChI=1S/C37H46N4O3/c1-3-18-41(36(44)33-14-10-26-6-4-5-7-32(26)38-33)24-35(43)40-21-19-39(20-22-40)27-11-8-25-9-12-29-28(30(25)23-27)16-17-37(2)31(29)13-15-34(37)42/h4-8,10-11,14,23,28-29,31,34,42H,3,9,12-13,15-22,24H2,1-2H3/t28?,29-,31?,34+,37+/m1/s1. The van der Waals surface area contributed by atoms with Gasteiger partial charge in [-0.05, 0) is 104 Å². The third-order valence-electron chi connectivity index (χ3n) is 11.6. The first-order valence-corrected chi connectivity index (χ1v) is 16.8. The normalized spacial score (nSPS) is 27.9. The molecule has 4 aliphatic rings. The van der Waals surface area contributed by atoms with E-state index in [-0.39, 0.29) is 29.9 Å². The molecule has 1 aromatic heterocycles. The number of hydrogen-bond donors (Lipinski definition) is 1. The molecule has 0 bridgehead atoms. The van der Waals surface area contributed by atoms with Gasteiger partial charge >= 0.3 is 0 Å². The lowest BCUT2D eigenvalue weighted by Gasteiger charge is -2.50. The Labute approximate surface area is 261 Å². The number of fused-ring (bicyclic) bond motifs is 6. The van der Waals surface area contributed by atoms with E-state index in [4.69, 9.17) is 0 Å². The first kappa shape index (κ1) is 29.3. The number of para-hydroxylation sites is 1. The van der Waals surface area contributed by atoms with Gasteiger partial charge in [0.1, 0.15) is 12.2 Å². The van der Waals surface area contributed by atoms with Crippen LogP contribution in [0.3, 0.4) is 0 Å². The van der Waals surface area contributed by atoms with Gasteiger partial charge in [0.05, 0.1) is 11.6 Å². The molecule has 7 rings (SSSR count). The predicted molar refractivity (Wildman–Crippen MR) is 174 cm³/mol. The fraction of sp³-hybridized carbons (Fsp3) is 0.541. The Morgan fingerprint density at radius 2 is 1.82 bits per heavy atom. The Morgan fingerprint density at radius 1 is 1.00 bits per heavy atom. The number of anilines is 1. The molecule has 3 fully saturated rings. The quantitative estimate of drug-likeness (QED) is 0.399. The van der Waals surface area contributed by atoms with E-state index in [2.05, 4.69) is 35.0 Å². The van der Waals surface area contributed by atoms with Crippen molar-refractivity contribution in [2.24, 2.45) is 17.3 Å². The molecule has 232 valence electrons. The summed E-state index contributed by atoms with van der Waals surface area (Å²) >= 11 is 0. The van der Waals surface area contributed by atoms with Crippen LogP contribution < -0.4 is 4.90 Å². The maximum atomic E-state index is 13.4. The van der Waals surface area contributed by atoms with Crippen LogP contribution in [0.5, 0.6) is 0 Å². The molecule has 0 radical (unpaired) electrons. The van der Waals surface area contributed by atoms with E-state index in [1.54, 1.807) is 11.0 Å². The third kappa shape index (κ3) is 5.17. The molecule has 2 heterocycles. The molecule has 1 saturated heterocycles. The minimum Gasteiger partial charge on any atom is -0.393 e. The lowest BCUT2D eigenvalue weighted by Crippen LogP contribution is -2.52. The number of carbonyl (C=O) groups is 2. The highest BCUT2D eigenvalue weighted by Crippen LogP contribution is 2.61. The second-order valence-electron chi connectivity index (χ2n) is 13.9. The Balaban J connectivity index is 0.995. The van der Waals surface area contributed by atoms with E-state index in [1.807, 2.05) is 42.2 Å². The summed E-state index contributed by atoms with van der Waals surface area (Å²) < 4.78 is 0. The second-order valence-corrected chi connectivity index (χ2v) is 13.9. The van der Waals surface area contributed by atoms with Crippen molar-refractivity contribution in [1.82, 2.24) is 14.8 Å². The van der Waals surface area contributed by atoms with Gasteiger partial charge in [-0.3, -0.25) is 9.59 Å². The first-order chi connectivity index (χ1) is 21.4. The molecule has 0 spiro atoms. The number of amides is 2. The van der Waals surface area contributed by atoms with Crippen molar-refractivity contribution < 1.29 is 14.7 Å². The predicted octanol–water partition coefficient (Wildman–Crippen LogP) is 5.65. The van der Waals surface area contributed by atoms with Crippen molar-refractivity contribution in [3.8, 4) is 0 Å². The number of hydrogen-bond acceptors (Lipinski definition) is 5. The Kier molecular flexibility index (Phi) is 7.86. The number of nitrogens with zero attached hydrogens (tertiary/aromatic N) is 4. The molecule has 3 aliphatic carbocycles. The third-order valence-corrected chi connectivity index (χ3v) is 11.6. The zero-order valence-corrected chi connectivity index (χ0v) is 26.3. The summed E-state index contributed by atoms with van der Waals surface area (Å²) in [6.45, 7) is 7.87. The average Bonchev–Trinajstić information content (AvgIpc) is 3.37. The van der Waals surface area contributed by atoms with Crippen LogP contribution in [-0.2, 0) is 11.2 Å². The highest BCUT2D eigenvalue weighted by molar-refractivity contribution is 5.97. The van der Waals surface area contributed by atoms with Crippen LogP contribution in [0.1, 0.15) is 79.9 Å². The van der Waals surface area contributed by atoms with Crippen molar-refractivity contribution in [2.45, 2.75) is 70.8 Å². The largest absolute Gasteiger partial charge is 0.393 e. The van der Waals surface area contributed by atoms with Gasteiger partial charge in [0.25, 0.3) is 5.91 Å². The molecule has 3 aromatic rings. The number of aromatic nitrogens is 1. The van der Waals surface area contributed by atoms with Crippen LogP contribution >= 0.6 is 0 Å². The SMILES string of the molecule is CCCN(CC(=O)N1CCN(c2ccc3c(c2)C2CC[C@@]4(C)C(CC[C@@H]4O)[C@@H]2CC3)CC1)C(=O)c1ccc2ccccc2n1. The number of pyridine rings is 1. The molecule has 1 aliphatic heterocycles. The fourth-order valence-corrected chi connectivity index (χ4v) is 9.07. The molecular weight excluding hydrogens is 548 g/mol. The maximum Gasteiger partial charge on any atom is 0.272 e. The van der Waals surface area contributed by atoms with E-state index in [9.17, 15) is 14.7 Å². The summed E-state index contributed by atoms with van der Waals surface area (Å²) in [5, 5.41) is 11.8. The first-order valence-electron chi connectivity index (χ1n) is 16.8. The van der Waals surface area contributed by atoms with E-state index in [0.29, 0.717) is 43.1 Å². The monoisotopic (exact) mass is 594 g/mol. The Bertz CT molecular complexity index is 1550. The topological polar surface area (TPSA) is 77.0 Å².